The van der Waals surface area contributed by atoms with Gasteiger partial charge < -0.3 is 9.84 Å². The molecule has 0 saturated carbocycles. The minimum atomic E-state index is -5.99. The van der Waals surface area contributed by atoms with Crippen LogP contribution in [-0.4, -0.2) is 27.4 Å². The molecule has 0 spiro atoms. The van der Waals surface area contributed by atoms with Crippen LogP contribution in [0.4, 0.5) is 26.3 Å². The van der Waals surface area contributed by atoms with Crippen LogP contribution < -0.4 is 4.74 Å². The molecule has 2 heterocycles. The molecule has 0 aliphatic carbocycles. The van der Waals surface area contributed by atoms with Crippen molar-refractivity contribution in [3.05, 3.63) is 48.0 Å². The highest BCUT2D eigenvalue weighted by molar-refractivity contribution is 5.36. The summed E-state index contributed by atoms with van der Waals surface area (Å²) in [6, 6.07) is 4.43. The Bertz CT molecular complexity index is 733. The lowest BCUT2D eigenvalue weighted by molar-refractivity contribution is -0.377. The second kappa shape index (κ2) is 7.10. The molecule has 0 bridgehead atoms. The van der Waals surface area contributed by atoms with Gasteiger partial charge in [0.05, 0.1) is 17.6 Å². The Labute approximate surface area is 144 Å². The van der Waals surface area contributed by atoms with Crippen molar-refractivity contribution in [2.75, 3.05) is 0 Å². The molecule has 0 aliphatic rings. The fourth-order valence-corrected chi connectivity index (χ4v) is 2.18. The number of aryl methyl sites for hydroxylation is 1. The minimum absolute atomic E-state index is 0.0182. The van der Waals surface area contributed by atoms with Crippen LogP contribution in [0.1, 0.15) is 24.7 Å². The number of pyridine rings is 2. The number of ether oxygens (including phenoxy) is 1. The molecule has 0 amide bonds. The maximum Gasteiger partial charge on any atom is 0.432 e. The summed E-state index contributed by atoms with van der Waals surface area (Å²) in [5.41, 5.74) is -6.77. The van der Waals surface area contributed by atoms with E-state index >= 15 is 0 Å². The lowest BCUT2D eigenvalue weighted by Gasteiger charge is -2.32. The minimum Gasteiger partial charge on any atom is -0.454 e. The van der Waals surface area contributed by atoms with Crippen molar-refractivity contribution in [3.8, 4) is 11.5 Å². The van der Waals surface area contributed by atoms with Crippen LogP contribution in [0.15, 0.2) is 36.7 Å². The smallest absolute Gasteiger partial charge is 0.432 e. The first-order chi connectivity index (χ1) is 12.0. The van der Waals surface area contributed by atoms with Crippen LogP contribution >= 0.6 is 0 Å². The van der Waals surface area contributed by atoms with Gasteiger partial charge in [0.1, 0.15) is 11.5 Å². The Morgan fingerprint density at radius 2 is 1.69 bits per heavy atom. The highest BCUT2D eigenvalue weighted by Crippen LogP contribution is 2.49. The number of nitrogens with zero attached hydrogens (tertiary/aromatic N) is 2. The SMILES string of the molecule is CCCc1nc(C(O)(C(F)(F)F)C(F)(F)F)ccc1Oc1cccnc1. The zero-order valence-electron chi connectivity index (χ0n) is 13.4. The van der Waals surface area contributed by atoms with Crippen molar-refractivity contribution in [3.63, 3.8) is 0 Å². The van der Waals surface area contributed by atoms with E-state index in [4.69, 9.17) is 4.74 Å². The number of aliphatic hydroxyl groups is 1. The van der Waals surface area contributed by atoms with Crippen molar-refractivity contribution in [2.45, 2.75) is 37.7 Å². The molecule has 142 valence electrons. The molecule has 4 nitrogen and oxygen atoms in total. The lowest BCUT2D eigenvalue weighted by Crippen LogP contribution is -2.54. The molecule has 2 rings (SSSR count). The summed E-state index contributed by atoms with van der Waals surface area (Å²) in [6.45, 7) is 1.67. The van der Waals surface area contributed by atoms with Gasteiger partial charge in [0.2, 0.25) is 0 Å². The summed E-state index contributed by atoms with van der Waals surface area (Å²) in [5, 5.41) is 9.47. The molecule has 0 saturated heterocycles. The van der Waals surface area contributed by atoms with E-state index in [1.165, 1.54) is 18.5 Å². The van der Waals surface area contributed by atoms with Crippen molar-refractivity contribution >= 4 is 0 Å². The predicted molar refractivity (Wildman–Crippen MR) is 78.5 cm³/mol. The molecule has 0 unspecified atom stereocenters. The molecule has 26 heavy (non-hydrogen) atoms. The van der Waals surface area contributed by atoms with Crippen LogP contribution in [0.3, 0.4) is 0 Å². The first kappa shape index (κ1) is 20.0. The number of rotatable bonds is 5. The molecule has 0 fully saturated rings. The number of hydrogen-bond acceptors (Lipinski definition) is 4. The quantitative estimate of drug-likeness (QED) is 0.775. The van der Waals surface area contributed by atoms with Gasteiger partial charge in [-0.05, 0) is 30.7 Å². The summed E-state index contributed by atoms with van der Waals surface area (Å²) in [5.74, 6) is 0.219. The number of alkyl halides is 6. The van der Waals surface area contributed by atoms with E-state index in [1.807, 2.05) is 0 Å². The molecule has 2 aromatic heterocycles. The lowest BCUT2D eigenvalue weighted by atomic mass is 9.96. The molecule has 1 N–H and O–H groups in total. The van der Waals surface area contributed by atoms with E-state index < -0.39 is 23.6 Å². The normalized spacial score (nSPS) is 12.9. The molecular weight excluding hydrogens is 366 g/mol. The van der Waals surface area contributed by atoms with Crippen LogP contribution in [0.25, 0.3) is 0 Å². The van der Waals surface area contributed by atoms with Gasteiger partial charge in [0, 0.05) is 6.20 Å². The molecule has 0 radical (unpaired) electrons. The molecular formula is C16H14F6N2O2. The van der Waals surface area contributed by atoms with Gasteiger partial charge in [-0.3, -0.25) is 9.97 Å². The third-order valence-electron chi connectivity index (χ3n) is 3.47. The summed E-state index contributed by atoms with van der Waals surface area (Å²) in [6.07, 6.45) is -8.76. The fourth-order valence-electron chi connectivity index (χ4n) is 2.18. The summed E-state index contributed by atoms with van der Waals surface area (Å²) in [4.78, 5) is 7.22. The monoisotopic (exact) mass is 380 g/mol. The van der Waals surface area contributed by atoms with E-state index in [0.717, 1.165) is 6.07 Å². The Hall–Kier alpha value is -2.36. The molecule has 0 atom stereocenters. The highest BCUT2D eigenvalue weighted by Gasteiger charge is 2.72. The third kappa shape index (κ3) is 3.74. The number of aromatic nitrogens is 2. The van der Waals surface area contributed by atoms with Gasteiger partial charge in [-0.2, -0.15) is 26.3 Å². The Kier molecular flexibility index (Phi) is 5.45. The number of halogens is 6. The standard InChI is InChI=1S/C16H14F6N2O2/c1-2-4-11-12(26-10-5-3-8-23-9-10)6-7-13(24-11)14(25,15(17,18)19)16(20,21)22/h3,5-9,25H,2,4H2,1H3. The van der Waals surface area contributed by atoms with Crippen LogP contribution in [0, 0.1) is 0 Å². The van der Waals surface area contributed by atoms with Gasteiger partial charge in [-0.1, -0.05) is 13.3 Å². The van der Waals surface area contributed by atoms with Gasteiger partial charge in [-0.25, -0.2) is 0 Å². The molecule has 0 aliphatic heterocycles. The summed E-state index contributed by atoms with van der Waals surface area (Å²) in [7, 11) is 0. The van der Waals surface area contributed by atoms with Crippen LogP contribution in [-0.2, 0) is 12.0 Å². The zero-order chi connectivity index (χ0) is 19.6. The summed E-state index contributed by atoms with van der Waals surface area (Å²) >= 11 is 0. The van der Waals surface area contributed by atoms with Crippen molar-refractivity contribution in [2.24, 2.45) is 0 Å². The Balaban J connectivity index is 2.53. The second-order valence-corrected chi connectivity index (χ2v) is 5.39. The number of hydrogen-bond donors (Lipinski definition) is 1. The van der Waals surface area contributed by atoms with E-state index in [9.17, 15) is 31.4 Å². The van der Waals surface area contributed by atoms with Gasteiger partial charge in [-0.15, -0.1) is 0 Å². The predicted octanol–water partition coefficient (Wildman–Crippen LogP) is 4.53. The van der Waals surface area contributed by atoms with Crippen molar-refractivity contribution in [1.82, 2.24) is 9.97 Å². The first-order valence-corrected chi connectivity index (χ1v) is 7.44. The molecule has 10 heteroatoms. The highest BCUT2D eigenvalue weighted by atomic mass is 19.4. The Morgan fingerprint density at radius 3 is 2.19 bits per heavy atom. The summed E-state index contributed by atoms with van der Waals surface area (Å²) < 4.78 is 83.4. The largest absolute Gasteiger partial charge is 0.454 e. The molecule has 0 aromatic carbocycles. The maximum absolute atomic E-state index is 13.0. The first-order valence-electron chi connectivity index (χ1n) is 7.44. The van der Waals surface area contributed by atoms with Gasteiger partial charge in [0.25, 0.3) is 5.60 Å². The Morgan fingerprint density at radius 1 is 1.04 bits per heavy atom. The molecule has 2 aromatic rings. The average Bonchev–Trinajstić information content (AvgIpc) is 2.55. The van der Waals surface area contributed by atoms with Gasteiger partial charge >= 0.3 is 12.4 Å². The topological polar surface area (TPSA) is 55.2 Å². The van der Waals surface area contributed by atoms with Crippen LogP contribution in [0.5, 0.6) is 11.5 Å². The van der Waals surface area contributed by atoms with Crippen LogP contribution in [0.2, 0.25) is 0 Å². The van der Waals surface area contributed by atoms with E-state index in [2.05, 4.69) is 9.97 Å². The van der Waals surface area contributed by atoms with Crippen molar-refractivity contribution in [1.29, 1.82) is 0 Å². The van der Waals surface area contributed by atoms with E-state index in [-0.39, 0.29) is 23.6 Å². The third-order valence-corrected chi connectivity index (χ3v) is 3.47. The second-order valence-electron chi connectivity index (χ2n) is 5.39. The fraction of sp³-hybridized carbons (Fsp3) is 0.375. The van der Waals surface area contributed by atoms with E-state index in [0.29, 0.717) is 12.5 Å². The maximum atomic E-state index is 13.0. The zero-order valence-corrected chi connectivity index (χ0v) is 13.4. The van der Waals surface area contributed by atoms with E-state index in [1.54, 1.807) is 13.0 Å². The van der Waals surface area contributed by atoms with Gasteiger partial charge in [0.15, 0.2) is 0 Å². The average molecular weight is 380 g/mol. The van der Waals surface area contributed by atoms with Crippen molar-refractivity contribution < 1.29 is 36.2 Å².